The number of hydrogen-bond acceptors (Lipinski definition) is 2. The summed E-state index contributed by atoms with van der Waals surface area (Å²) in [5.41, 5.74) is 6.88. The van der Waals surface area contributed by atoms with Gasteiger partial charge < -0.3 is 5.73 Å². The van der Waals surface area contributed by atoms with Crippen molar-refractivity contribution in [3.63, 3.8) is 0 Å². The molecule has 82 valence electrons. The fourth-order valence-corrected chi connectivity index (χ4v) is 1.57. The lowest BCUT2D eigenvalue weighted by atomic mass is 9.96. The minimum Gasteiger partial charge on any atom is -0.365 e. The second-order valence-electron chi connectivity index (χ2n) is 3.45. The Morgan fingerprint density at radius 2 is 2.00 bits per heavy atom. The van der Waals surface area contributed by atoms with Crippen molar-refractivity contribution in [2.24, 2.45) is 5.73 Å². The van der Waals surface area contributed by atoms with Crippen molar-refractivity contribution in [1.29, 1.82) is 5.26 Å². The van der Waals surface area contributed by atoms with Gasteiger partial charge in [-0.05, 0) is 17.6 Å². The Kier molecular flexibility index (Phi) is 4.28. The van der Waals surface area contributed by atoms with E-state index < -0.39 is 5.91 Å². The molecule has 2 N–H and O–H groups in total. The molecule has 1 rings (SSSR count). The number of nitrogens with zero attached hydrogens (tertiary/aromatic N) is 1. The van der Waals surface area contributed by atoms with Gasteiger partial charge >= 0.3 is 0 Å². The highest BCUT2D eigenvalue weighted by molar-refractivity contribution is 6.03. The van der Waals surface area contributed by atoms with Crippen LogP contribution in [0.3, 0.4) is 0 Å². The van der Waals surface area contributed by atoms with Gasteiger partial charge in [0.25, 0.3) is 5.91 Å². The lowest BCUT2D eigenvalue weighted by Crippen LogP contribution is -2.14. The highest BCUT2D eigenvalue weighted by Crippen LogP contribution is 2.23. The summed E-state index contributed by atoms with van der Waals surface area (Å²) in [4.78, 5) is 11.2. The minimum atomic E-state index is -0.658. The second kappa shape index (κ2) is 5.72. The molecule has 0 spiro atoms. The number of carbonyl (C=O) groups is 1. The van der Waals surface area contributed by atoms with E-state index in [1.54, 1.807) is 0 Å². The maximum atomic E-state index is 11.2. The van der Waals surface area contributed by atoms with Crippen LogP contribution < -0.4 is 5.73 Å². The van der Waals surface area contributed by atoms with E-state index in [2.05, 4.69) is 0 Å². The summed E-state index contributed by atoms with van der Waals surface area (Å²) in [6.07, 6.45) is 1.54. The van der Waals surface area contributed by atoms with Crippen LogP contribution in [-0.4, -0.2) is 5.91 Å². The van der Waals surface area contributed by atoms with E-state index in [1.165, 1.54) is 0 Å². The number of carbonyl (C=O) groups excluding carboxylic acids is 1. The Balaban J connectivity index is 3.29. The molecule has 0 heterocycles. The molecular formula is C13H14N2O. The third kappa shape index (κ3) is 2.71. The first-order valence-corrected chi connectivity index (χ1v) is 5.19. The molecule has 1 amide bonds. The number of rotatable bonds is 4. The summed E-state index contributed by atoms with van der Waals surface area (Å²) in [6, 6.07) is 11.3. The van der Waals surface area contributed by atoms with Crippen molar-refractivity contribution >= 4 is 11.5 Å². The maximum Gasteiger partial charge on any atom is 0.259 e. The van der Waals surface area contributed by atoms with Gasteiger partial charge in [-0.2, -0.15) is 5.26 Å². The molecule has 3 nitrogen and oxygen atoms in total. The summed E-state index contributed by atoms with van der Waals surface area (Å²) < 4.78 is 0. The predicted molar refractivity (Wildman–Crippen MR) is 63.1 cm³/mol. The molecule has 16 heavy (non-hydrogen) atoms. The Morgan fingerprint density at radius 1 is 1.38 bits per heavy atom. The fraction of sp³-hybridized carbons (Fsp3) is 0.231. The van der Waals surface area contributed by atoms with E-state index in [0.29, 0.717) is 6.42 Å². The summed E-state index contributed by atoms with van der Waals surface area (Å²) in [6.45, 7) is 2.00. The zero-order chi connectivity index (χ0) is 12.0. The number of hydrogen-bond donors (Lipinski definition) is 1. The quantitative estimate of drug-likeness (QED) is 0.617. The van der Waals surface area contributed by atoms with Crippen molar-refractivity contribution in [2.75, 3.05) is 0 Å². The molecule has 0 aliphatic carbocycles. The van der Waals surface area contributed by atoms with Crippen LogP contribution in [0.4, 0.5) is 0 Å². The zero-order valence-corrected chi connectivity index (χ0v) is 9.23. The number of amides is 1. The first kappa shape index (κ1) is 12.0. The number of benzene rings is 1. The van der Waals surface area contributed by atoms with Crippen LogP contribution in [-0.2, 0) is 4.79 Å². The third-order valence-electron chi connectivity index (χ3n) is 2.28. The SMILES string of the molecule is CCC/C(=C(\C#N)C(N)=O)c1ccccc1. The molecule has 0 radical (unpaired) electrons. The van der Waals surface area contributed by atoms with Crippen LogP contribution in [0, 0.1) is 11.3 Å². The van der Waals surface area contributed by atoms with Crippen LogP contribution in [0.25, 0.3) is 5.57 Å². The van der Waals surface area contributed by atoms with Crippen LogP contribution in [0.2, 0.25) is 0 Å². The molecule has 1 aromatic carbocycles. The minimum absolute atomic E-state index is 0.0630. The van der Waals surface area contributed by atoms with E-state index in [1.807, 2.05) is 43.3 Å². The van der Waals surface area contributed by atoms with Gasteiger partial charge in [0.15, 0.2) is 0 Å². The van der Waals surface area contributed by atoms with Gasteiger partial charge in [0.1, 0.15) is 11.6 Å². The van der Waals surface area contributed by atoms with Crippen LogP contribution in [0.15, 0.2) is 35.9 Å². The lowest BCUT2D eigenvalue weighted by Gasteiger charge is -2.07. The van der Waals surface area contributed by atoms with E-state index in [-0.39, 0.29) is 5.57 Å². The van der Waals surface area contributed by atoms with Gasteiger partial charge in [-0.15, -0.1) is 0 Å². The van der Waals surface area contributed by atoms with Crippen molar-refractivity contribution in [1.82, 2.24) is 0 Å². The summed E-state index contributed by atoms with van der Waals surface area (Å²) in [7, 11) is 0. The summed E-state index contributed by atoms with van der Waals surface area (Å²) in [5.74, 6) is -0.658. The number of primary amides is 1. The van der Waals surface area contributed by atoms with Gasteiger partial charge in [-0.1, -0.05) is 43.7 Å². The molecule has 0 aliphatic rings. The molecule has 0 bridgehead atoms. The molecule has 0 fully saturated rings. The highest BCUT2D eigenvalue weighted by Gasteiger charge is 2.12. The number of nitriles is 1. The number of allylic oxidation sites excluding steroid dienone is 1. The Hall–Kier alpha value is -2.08. The molecule has 0 saturated heterocycles. The van der Waals surface area contributed by atoms with Gasteiger partial charge in [-0.3, -0.25) is 4.79 Å². The Bertz CT molecular complexity index is 441. The molecular weight excluding hydrogens is 200 g/mol. The van der Waals surface area contributed by atoms with Gasteiger partial charge in [0.05, 0.1) is 0 Å². The standard InChI is InChI=1S/C13H14N2O/c1-2-6-11(12(9-14)13(15)16)10-7-4-3-5-8-10/h3-5,7-8H,2,6H2,1H3,(H2,15,16)/b12-11-. The van der Waals surface area contributed by atoms with E-state index in [4.69, 9.17) is 11.0 Å². The van der Waals surface area contributed by atoms with Crippen LogP contribution >= 0.6 is 0 Å². The van der Waals surface area contributed by atoms with Gasteiger partial charge in [0.2, 0.25) is 0 Å². The average Bonchev–Trinajstić information content (AvgIpc) is 2.29. The fourth-order valence-electron chi connectivity index (χ4n) is 1.57. The third-order valence-corrected chi connectivity index (χ3v) is 2.28. The number of nitrogens with two attached hydrogens (primary N) is 1. The summed E-state index contributed by atoms with van der Waals surface area (Å²) >= 11 is 0. The Morgan fingerprint density at radius 3 is 2.44 bits per heavy atom. The first-order valence-electron chi connectivity index (χ1n) is 5.19. The average molecular weight is 214 g/mol. The topological polar surface area (TPSA) is 66.9 Å². The smallest absolute Gasteiger partial charge is 0.259 e. The molecule has 0 saturated carbocycles. The largest absolute Gasteiger partial charge is 0.365 e. The monoisotopic (exact) mass is 214 g/mol. The van der Waals surface area contributed by atoms with Crippen molar-refractivity contribution in [2.45, 2.75) is 19.8 Å². The van der Waals surface area contributed by atoms with E-state index in [9.17, 15) is 4.79 Å². The van der Waals surface area contributed by atoms with Crippen molar-refractivity contribution in [3.8, 4) is 6.07 Å². The van der Waals surface area contributed by atoms with Crippen LogP contribution in [0.5, 0.6) is 0 Å². The van der Waals surface area contributed by atoms with Crippen LogP contribution in [0.1, 0.15) is 25.3 Å². The van der Waals surface area contributed by atoms with E-state index >= 15 is 0 Å². The van der Waals surface area contributed by atoms with Gasteiger partial charge in [0, 0.05) is 0 Å². The molecule has 0 unspecified atom stereocenters. The lowest BCUT2D eigenvalue weighted by molar-refractivity contribution is -0.114. The van der Waals surface area contributed by atoms with E-state index in [0.717, 1.165) is 17.6 Å². The predicted octanol–water partition coefficient (Wildman–Crippen LogP) is 2.25. The summed E-state index contributed by atoms with van der Waals surface area (Å²) in [5, 5.41) is 8.95. The van der Waals surface area contributed by atoms with Crippen molar-refractivity contribution < 1.29 is 4.79 Å². The molecule has 0 atom stereocenters. The maximum absolute atomic E-state index is 11.2. The molecule has 1 aromatic rings. The molecule has 0 aliphatic heterocycles. The molecule has 3 heteroatoms. The molecule has 0 aromatic heterocycles. The zero-order valence-electron chi connectivity index (χ0n) is 9.23. The first-order chi connectivity index (χ1) is 7.70. The normalized spacial score (nSPS) is 11.5. The Labute approximate surface area is 95.2 Å². The van der Waals surface area contributed by atoms with Crippen molar-refractivity contribution in [3.05, 3.63) is 41.5 Å². The highest BCUT2D eigenvalue weighted by atomic mass is 16.1. The van der Waals surface area contributed by atoms with Gasteiger partial charge in [-0.25, -0.2) is 0 Å². The second-order valence-corrected chi connectivity index (χ2v) is 3.45.